The Morgan fingerprint density at radius 1 is 1.17 bits per heavy atom. The van der Waals surface area contributed by atoms with Crippen molar-refractivity contribution in [2.45, 2.75) is 30.0 Å². The van der Waals surface area contributed by atoms with Crippen molar-refractivity contribution in [3.8, 4) is 11.5 Å². The van der Waals surface area contributed by atoms with Gasteiger partial charge in [-0.2, -0.15) is 0 Å². The van der Waals surface area contributed by atoms with Crippen LogP contribution in [0.1, 0.15) is 37.5 Å². The minimum absolute atomic E-state index is 0.109. The van der Waals surface area contributed by atoms with Crippen LogP contribution in [0.4, 0.5) is 5.13 Å². The standard InChI is InChI=1S/C26H19BrCl2N4O5S3/c1-10-23(40-11(2)30-10)21(35)18-19(13-6-15(27)20(34)17(7-13)38-3)33(24(37)22(18)36)25-31-32-26(41-25)39-9-12-4-5-14(28)8-16(12)29/h4-8,19,34,36H,9H2,1-3H3. The molecule has 9 nitrogen and oxygen atoms in total. The molecule has 1 aliphatic rings. The summed E-state index contributed by atoms with van der Waals surface area (Å²) < 4.78 is 6.13. The van der Waals surface area contributed by atoms with Gasteiger partial charge in [0.05, 0.1) is 38.8 Å². The number of halogens is 3. The van der Waals surface area contributed by atoms with Crippen LogP contribution in [0.2, 0.25) is 10.0 Å². The molecular weight excluding hydrogens is 695 g/mol. The zero-order valence-electron chi connectivity index (χ0n) is 21.4. The van der Waals surface area contributed by atoms with Crippen LogP contribution in [0, 0.1) is 13.8 Å². The minimum atomic E-state index is -1.10. The number of aromatic hydroxyl groups is 1. The van der Waals surface area contributed by atoms with E-state index in [0.29, 0.717) is 41.3 Å². The van der Waals surface area contributed by atoms with Crippen LogP contribution in [-0.2, 0) is 10.5 Å². The van der Waals surface area contributed by atoms with E-state index in [4.69, 9.17) is 27.9 Å². The minimum Gasteiger partial charge on any atom is -0.503 e. The fourth-order valence-corrected chi connectivity index (χ4v) is 8.02. The number of phenols is 1. The highest BCUT2D eigenvalue weighted by Crippen LogP contribution is 2.47. The Morgan fingerprint density at radius 2 is 1.93 bits per heavy atom. The molecule has 0 fully saturated rings. The Labute approximate surface area is 264 Å². The molecule has 41 heavy (non-hydrogen) atoms. The molecule has 5 rings (SSSR count). The Bertz CT molecular complexity index is 1740. The van der Waals surface area contributed by atoms with Gasteiger partial charge in [0, 0.05) is 15.8 Å². The average molecular weight is 714 g/mol. The van der Waals surface area contributed by atoms with E-state index in [1.165, 1.54) is 41.2 Å². The van der Waals surface area contributed by atoms with Crippen LogP contribution in [0.5, 0.6) is 11.5 Å². The predicted octanol–water partition coefficient (Wildman–Crippen LogP) is 7.47. The van der Waals surface area contributed by atoms with Gasteiger partial charge in [-0.1, -0.05) is 52.4 Å². The number of aliphatic hydroxyl groups is 1. The van der Waals surface area contributed by atoms with Gasteiger partial charge in [0.1, 0.15) is 0 Å². The zero-order valence-corrected chi connectivity index (χ0v) is 27.0. The Kier molecular flexibility index (Phi) is 8.65. The second-order valence-corrected chi connectivity index (χ2v) is 13.8. The topological polar surface area (TPSA) is 126 Å². The molecule has 0 bridgehead atoms. The van der Waals surface area contributed by atoms with Crippen molar-refractivity contribution in [1.82, 2.24) is 15.2 Å². The number of anilines is 1. The summed E-state index contributed by atoms with van der Waals surface area (Å²) in [5, 5.41) is 31.8. The Morgan fingerprint density at radius 3 is 2.59 bits per heavy atom. The smallest absolute Gasteiger partial charge is 0.296 e. The van der Waals surface area contributed by atoms with Gasteiger partial charge in [-0.25, -0.2) is 4.98 Å². The van der Waals surface area contributed by atoms with E-state index >= 15 is 0 Å². The van der Waals surface area contributed by atoms with E-state index in [0.717, 1.165) is 16.9 Å². The number of carbonyl (C=O) groups is 2. The number of rotatable bonds is 8. The molecule has 212 valence electrons. The van der Waals surface area contributed by atoms with Crippen molar-refractivity contribution in [3.05, 3.63) is 82.9 Å². The van der Waals surface area contributed by atoms with Gasteiger partial charge in [-0.15, -0.1) is 21.5 Å². The second kappa shape index (κ2) is 11.9. The Hall–Kier alpha value is -2.68. The molecule has 4 aromatic rings. The first-order chi connectivity index (χ1) is 19.5. The highest BCUT2D eigenvalue weighted by molar-refractivity contribution is 9.10. The molecule has 2 aromatic carbocycles. The quantitative estimate of drug-likeness (QED) is 0.109. The number of hydrogen-bond donors (Lipinski definition) is 2. The van der Waals surface area contributed by atoms with Gasteiger partial charge in [0.15, 0.2) is 21.6 Å². The van der Waals surface area contributed by atoms with Crippen LogP contribution in [0.25, 0.3) is 0 Å². The number of aromatic nitrogens is 3. The number of thiazole rings is 1. The third-order valence-electron chi connectivity index (χ3n) is 6.12. The normalized spacial score (nSPS) is 15.2. The maximum Gasteiger partial charge on any atom is 0.296 e. The molecule has 1 atom stereocenters. The predicted molar refractivity (Wildman–Crippen MR) is 164 cm³/mol. The number of phenolic OH excluding ortho intramolecular Hbond substituents is 1. The van der Waals surface area contributed by atoms with Gasteiger partial charge >= 0.3 is 0 Å². The molecule has 0 saturated carbocycles. The van der Waals surface area contributed by atoms with Crippen molar-refractivity contribution in [3.63, 3.8) is 0 Å². The number of carbonyl (C=O) groups excluding carboxylic acids is 2. The molecule has 2 N–H and O–H groups in total. The van der Waals surface area contributed by atoms with E-state index in [2.05, 4.69) is 31.1 Å². The summed E-state index contributed by atoms with van der Waals surface area (Å²) >= 11 is 19.3. The molecule has 0 saturated heterocycles. The summed E-state index contributed by atoms with van der Waals surface area (Å²) in [5.74, 6) is -1.62. The summed E-state index contributed by atoms with van der Waals surface area (Å²) in [6.07, 6.45) is 0. The third-order valence-corrected chi connectivity index (χ3v) is 10.5. The number of methoxy groups -OCH3 is 1. The van der Waals surface area contributed by atoms with E-state index in [9.17, 15) is 19.8 Å². The summed E-state index contributed by atoms with van der Waals surface area (Å²) in [4.78, 5) is 33.3. The summed E-state index contributed by atoms with van der Waals surface area (Å²) in [7, 11) is 1.38. The molecule has 0 aliphatic carbocycles. The number of ether oxygens (including phenoxy) is 1. The lowest BCUT2D eigenvalue weighted by Gasteiger charge is -2.24. The maximum atomic E-state index is 13.8. The number of Topliss-reactive ketones (excluding diaryl/α,β-unsaturated/α-hetero) is 1. The second-order valence-electron chi connectivity index (χ2n) is 8.75. The Balaban J connectivity index is 1.56. The first-order valence-electron chi connectivity index (χ1n) is 11.7. The lowest BCUT2D eigenvalue weighted by atomic mass is 9.95. The number of benzene rings is 2. The first kappa shape index (κ1) is 29.8. The molecule has 15 heteroatoms. The molecule has 0 spiro atoms. The summed E-state index contributed by atoms with van der Waals surface area (Å²) in [6.45, 7) is 3.46. The molecule has 0 radical (unpaired) electrons. The molecule has 1 amide bonds. The average Bonchev–Trinajstić information content (AvgIpc) is 3.60. The fraction of sp³-hybridized carbons (Fsp3) is 0.192. The van der Waals surface area contributed by atoms with Crippen LogP contribution < -0.4 is 9.64 Å². The van der Waals surface area contributed by atoms with E-state index in [1.54, 1.807) is 32.0 Å². The van der Waals surface area contributed by atoms with Crippen LogP contribution in [0.15, 0.2) is 50.5 Å². The number of nitrogens with zero attached hydrogens (tertiary/aromatic N) is 4. The summed E-state index contributed by atoms with van der Waals surface area (Å²) in [5.41, 5.74) is 1.58. The third kappa shape index (κ3) is 5.71. The lowest BCUT2D eigenvalue weighted by molar-refractivity contribution is -0.117. The van der Waals surface area contributed by atoms with Crippen molar-refractivity contribution in [2.24, 2.45) is 0 Å². The van der Waals surface area contributed by atoms with E-state index < -0.39 is 23.5 Å². The van der Waals surface area contributed by atoms with Gasteiger partial charge < -0.3 is 14.9 Å². The highest BCUT2D eigenvalue weighted by atomic mass is 79.9. The molecular formula is C26H19BrCl2N4O5S3. The fourth-order valence-electron chi connectivity index (χ4n) is 4.26. The van der Waals surface area contributed by atoms with Crippen molar-refractivity contribution in [2.75, 3.05) is 12.0 Å². The maximum absolute atomic E-state index is 13.8. The van der Waals surface area contributed by atoms with Gasteiger partial charge in [0.2, 0.25) is 10.9 Å². The molecule has 2 aromatic heterocycles. The lowest BCUT2D eigenvalue weighted by Crippen LogP contribution is -2.31. The summed E-state index contributed by atoms with van der Waals surface area (Å²) in [6, 6.07) is 7.17. The number of aryl methyl sites for hydroxylation is 2. The SMILES string of the molecule is COc1cc(C2C(C(=O)c3sc(C)nc3C)=C(O)C(=O)N2c2nnc(SCc3ccc(Cl)cc3Cl)s2)cc(Br)c1O. The largest absolute Gasteiger partial charge is 0.503 e. The van der Waals surface area contributed by atoms with Crippen LogP contribution >= 0.6 is 73.6 Å². The number of hydrogen-bond acceptors (Lipinski definition) is 11. The van der Waals surface area contributed by atoms with Crippen molar-refractivity contribution < 1.29 is 24.5 Å². The van der Waals surface area contributed by atoms with Crippen molar-refractivity contribution >= 4 is 90.4 Å². The van der Waals surface area contributed by atoms with Crippen LogP contribution in [-0.4, -0.2) is 44.2 Å². The first-order valence-corrected chi connectivity index (χ1v) is 15.9. The van der Waals surface area contributed by atoms with E-state index in [1.807, 2.05) is 6.07 Å². The van der Waals surface area contributed by atoms with Crippen molar-refractivity contribution in [1.29, 1.82) is 0 Å². The number of aliphatic hydroxyl groups excluding tert-OH is 1. The zero-order chi connectivity index (χ0) is 29.6. The molecule has 3 heterocycles. The van der Waals surface area contributed by atoms with Crippen LogP contribution in [0.3, 0.4) is 0 Å². The monoisotopic (exact) mass is 712 g/mol. The van der Waals surface area contributed by atoms with Gasteiger partial charge in [-0.3, -0.25) is 14.5 Å². The highest BCUT2D eigenvalue weighted by Gasteiger charge is 2.47. The van der Waals surface area contributed by atoms with E-state index in [-0.39, 0.29) is 26.7 Å². The van der Waals surface area contributed by atoms with Gasteiger partial charge in [-0.05, 0) is 65.2 Å². The number of thioether (sulfide) groups is 1. The molecule has 1 aliphatic heterocycles. The van der Waals surface area contributed by atoms with Gasteiger partial charge in [0.25, 0.3) is 5.91 Å². The number of ketones is 1. The molecule has 1 unspecified atom stereocenters. The number of amides is 1.